The van der Waals surface area contributed by atoms with Crippen LogP contribution in [-0.2, 0) is 6.42 Å². The van der Waals surface area contributed by atoms with Crippen molar-refractivity contribution >= 4 is 16.9 Å². The maximum Gasteiger partial charge on any atom is 0.292 e. The van der Waals surface area contributed by atoms with Gasteiger partial charge in [0.05, 0.1) is 12.0 Å². The van der Waals surface area contributed by atoms with Gasteiger partial charge in [-0.25, -0.2) is 18.7 Å². The molecule has 0 radical (unpaired) electrons. The second-order valence-corrected chi connectivity index (χ2v) is 6.92. The number of amides is 1. The van der Waals surface area contributed by atoms with Crippen LogP contribution in [0.4, 0.5) is 8.78 Å². The van der Waals surface area contributed by atoms with Gasteiger partial charge in [-0.1, -0.05) is 12.1 Å². The van der Waals surface area contributed by atoms with Gasteiger partial charge in [-0.3, -0.25) is 4.79 Å². The molecule has 4 heterocycles. The second-order valence-electron chi connectivity index (χ2n) is 6.92. The lowest BCUT2D eigenvalue weighted by Crippen LogP contribution is -2.40. The fourth-order valence-corrected chi connectivity index (χ4v) is 3.85. The molecule has 0 unspecified atom stereocenters. The highest BCUT2D eigenvalue weighted by Crippen LogP contribution is 2.38. The number of rotatable bonds is 3. The Hall–Kier alpha value is -3.49. The Morgan fingerprint density at radius 3 is 3.00 bits per heavy atom. The topological polar surface area (TPSA) is 88.2 Å². The predicted octanol–water partition coefficient (Wildman–Crippen LogP) is 4.18. The van der Waals surface area contributed by atoms with Crippen LogP contribution in [0.3, 0.4) is 0 Å². The van der Waals surface area contributed by atoms with Crippen molar-refractivity contribution in [1.29, 1.82) is 0 Å². The van der Waals surface area contributed by atoms with E-state index in [1.165, 1.54) is 4.90 Å². The van der Waals surface area contributed by atoms with Crippen LogP contribution in [0.1, 0.15) is 51.4 Å². The van der Waals surface area contributed by atoms with Crippen molar-refractivity contribution in [2.45, 2.75) is 25.8 Å². The number of hydrogen-bond donors (Lipinski definition) is 1. The molecule has 0 spiro atoms. The van der Waals surface area contributed by atoms with Gasteiger partial charge in [0.2, 0.25) is 5.76 Å². The number of furan rings is 1. The summed E-state index contributed by atoms with van der Waals surface area (Å²) in [5.74, 6) is -0.626. The zero-order chi connectivity index (χ0) is 20.1. The molecule has 1 aliphatic heterocycles. The number of imidazole rings is 1. The quantitative estimate of drug-likeness (QED) is 0.559. The number of H-pyrrole nitrogens is 1. The van der Waals surface area contributed by atoms with Crippen LogP contribution in [0.5, 0.6) is 0 Å². The maximum absolute atomic E-state index is 13.3. The molecule has 29 heavy (non-hydrogen) atoms. The number of nitrogens with one attached hydrogen (secondary N) is 1. The van der Waals surface area contributed by atoms with E-state index in [1.54, 1.807) is 6.33 Å². The van der Waals surface area contributed by atoms with E-state index in [4.69, 9.17) is 8.83 Å². The van der Waals surface area contributed by atoms with E-state index >= 15 is 0 Å². The van der Waals surface area contributed by atoms with Gasteiger partial charge in [0.25, 0.3) is 12.3 Å². The highest BCUT2D eigenvalue weighted by molar-refractivity contribution is 5.93. The molecule has 0 fully saturated rings. The van der Waals surface area contributed by atoms with Crippen molar-refractivity contribution in [2.24, 2.45) is 0 Å². The fourth-order valence-electron chi connectivity index (χ4n) is 3.85. The molecule has 7 nitrogen and oxygen atoms in total. The Kier molecular flexibility index (Phi) is 3.97. The van der Waals surface area contributed by atoms with Crippen LogP contribution in [0.2, 0.25) is 0 Å². The summed E-state index contributed by atoms with van der Waals surface area (Å²) in [6.07, 6.45) is 0.0110. The Morgan fingerprint density at radius 2 is 2.21 bits per heavy atom. The average Bonchev–Trinajstić information content (AvgIpc) is 3.44. The molecule has 0 saturated heterocycles. The molecule has 5 rings (SSSR count). The lowest BCUT2D eigenvalue weighted by atomic mass is 9.99. The summed E-state index contributed by atoms with van der Waals surface area (Å²) in [7, 11) is 0. The average molecular weight is 398 g/mol. The number of nitrogens with zero attached hydrogens (tertiary/aromatic N) is 3. The van der Waals surface area contributed by atoms with Crippen molar-refractivity contribution in [2.75, 3.05) is 6.54 Å². The van der Waals surface area contributed by atoms with Crippen molar-refractivity contribution in [3.63, 3.8) is 0 Å². The highest BCUT2D eigenvalue weighted by atomic mass is 19.3. The molecule has 9 heteroatoms. The number of carbonyl (C=O) groups excluding carboxylic acids is 1. The van der Waals surface area contributed by atoms with Crippen LogP contribution in [-0.4, -0.2) is 32.3 Å². The molecule has 3 aromatic heterocycles. The Labute approximate surface area is 163 Å². The molecule has 1 amide bonds. The SMILES string of the molecule is Cc1cccc2oc([C@H]3c4nc[nH]c4CCN3C(=O)c3ocnc3C(F)F)cc12. The Balaban J connectivity index is 1.63. The second kappa shape index (κ2) is 6.54. The number of aromatic nitrogens is 3. The molecular weight excluding hydrogens is 382 g/mol. The van der Waals surface area contributed by atoms with Crippen LogP contribution in [0.15, 0.2) is 45.8 Å². The number of fused-ring (bicyclic) bond motifs is 2. The Bertz CT molecular complexity index is 1210. The van der Waals surface area contributed by atoms with Crippen molar-refractivity contribution in [1.82, 2.24) is 19.9 Å². The number of oxazole rings is 1. The van der Waals surface area contributed by atoms with Crippen LogP contribution >= 0.6 is 0 Å². The number of halogens is 2. The first-order chi connectivity index (χ1) is 14.0. The summed E-state index contributed by atoms with van der Waals surface area (Å²) in [5.41, 5.74) is 2.55. The van der Waals surface area contributed by atoms with E-state index in [1.807, 2.05) is 31.2 Å². The molecule has 1 N–H and O–H groups in total. The van der Waals surface area contributed by atoms with Crippen molar-refractivity contribution < 1.29 is 22.4 Å². The lowest BCUT2D eigenvalue weighted by Gasteiger charge is -2.33. The molecule has 0 bridgehead atoms. The van der Waals surface area contributed by atoms with Gasteiger partial charge < -0.3 is 18.7 Å². The van der Waals surface area contributed by atoms with Gasteiger partial charge >= 0.3 is 0 Å². The van der Waals surface area contributed by atoms with Crippen LogP contribution < -0.4 is 0 Å². The number of alkyl halides is 2. The van der Waals surface area contributed by atoms with Gasteiger partial charge in [0.15, 0.2) is 12.1 Å². The molecule has 0 saturated carbocycles. The minimum absolute atomic E-state index is 0.290. The van der Waals surface area contributed by atoms with Crippen molar-refractivity contribution in [3.8, 4) is 0 Å². The van der Waals surface area contributed by atoms with Gasteiger partial charge in [-0.05, 0) is 24.6 Å². The number of hydrogen-bond acceptors (Lipinski definition) is 5. The summed E-state index contributed by atoms with van der Waals surface area (Å²) in [6, 6.07) is 6.90. The first kappa shape index (κ1) is 17.6. The smallest absolute Gasteiger partial charge is 0.292 e. The summed E-state index contributed by atoms with van der Waals surface area (Å²) < 4.78 is 37.6. The van der Waals surface area contributed by atoms with E-state index in [0.29, 0.717) is 23.5 Å². The van der Waals surface area contributed by atoms with E-state index in [2.05, 4.69) is 15.0 Å². The molecule has 4 aromatic rings. The monoisotopic (exact) mass is 398 g/mol. The minimum atomic E-state index is -2.91. The molecule has 1 aromatic carbocycles. The standard InChI is InChI=1S/C20H16F2N4O3/c1-10-3-2-4-13-11(10)7-14(29-13)17-15-12(23-8-24-15)5-6-26(17)20(27)18-16(19(21)22)25-9-28-18/h2-4,7-9,17,19H,5-6H2,1H3,(H,23,24)/t17-/m0/s1. The first-order valence-electron chi connectivity index (χ1n) is 9.08. The molecule has 1 atom stereocenters. The lowest BCUT2D eigenvalue weighted by molar-refractivity contribution is 0.0625. The molecule has 1 aliphatic rings. The highest BCUT2D eigenvalue weighted by Gasteiger charge is 2.39. The predicted molar refractivity (Wildman–Crippen MR) is 97.6 cm³/mol. The van der Waals surface area contributed by atoms with Crippen molar-refractivity contribution in [3.05, 3.63) is 71.2 Å². The maximum atomic E-state index is 13.3. The third-order valence-electron chi connectivity index (χ3n) is 5.25. The Morgan fingerprint density at radius 1 is 1.34 bits per heavy atom. The largest absolute Gasteiger partial charge is 0.458 e. The summed E-state index contributed by atoms with van der Waals surface area (Å²) >= 11 is 0. The van der Waals surface area contributed by atoms with E-state index in [-0.39, 0.29) is 6.54 Å². The number of benzene rings is 1. The van der Waals surface area contributed by atoms with E-state index < -0.39 is 29.8 Å². The third-order valence-corrected chi connectivity index (χ3v) is 5.25. The van der Waals surface area contributed by atoms with Gasteiger partial charge in [-0.2, -0.15) is 0 Å². The summed E-state index contributed by atoms with van der Waals surface area (Å²) in [5, 5.41) is 0.922. The van der Waals surface area contributed by atoms with Gasteiger partial charge in [-0.15, -0.1) is 0 Å². The van der Waals surface area contributed by atoms with Gasteiger partial charge in [0, 0.05) is 24.0 Å². The zero-order valence-corrected chi connectivity index (χ0v) is 15.4. The van der Waals surface area contributed by atoms with Gasteiger partial charge in [0.1, 0.15) is 17.4 Å². The molecule has 0 aliphatic carbocycles. The summed E-state index contributed by atoms with van der Waals surface area (Å²) in [4.78, 5) is 25.6. The number of aryl methyl sites for hydroxylation is 1. The van der Waals surface area contributed by atoms with E-state index in [9.17, 15) is 13.6 Å². The zero-order valence-electron chi connectivity index (χ0n) is 15.4. The summed E-state index contributed by atoms with van der Waals surface area (Å²) in [6.45, 7) is 2.26. The first-order valence-corrected chi connectivity index (χ1v) is 9.08. The number of aromatic amines is 1. The third kappa shape index (κ3) is 2.72. The van der Waals surface area contributed by atoms with Crippen LogP contribution in [0, 0.1) is 6.92 Å². The fraction of sp³-hybridized carbons (Fsp3) is 0.250. The molecule has 148 valence electrons. The van der Waals surface area contributed by atoms with E-state index in [0.717, 1.165) is 23.0 Å². The minimum Gasteiger partial charge on any atom is -0.458 e. The normalized spacial score (nSPS) is 16.6. The van der Waals surface area contributed by atoms with Crippen LogP contribution in [0.25, 0.3) is 11.0 Å². The number of carbonyl (C=O) groups is 1. The molecular formula is C20H16F2N4O3.